The summed E-state index contributed by atoms with van der Waals surface area (Å²) < 4.78 is 4.70. The Morgan fingerprint density at radius 1 is 1.43 bits per heavy atom. The van der Waals surface area contributed by atoms with Crippen molar-refractivity contribution in [3.63, 3.8) is 0 Å². The second-order valence-electron chi connectivity index (χ2n) is 2.83. The summed E-state index contributed by atoms with van der Waals surface area (Å²) in [5.74, 6) is 1.54. The summed E-state index contributed by atoms with van der Waals surface area (Å²) in [5, 5.41) is 6.89. The summed E-state index contributed by atoms with van der Waals surface area (Å²) >= 11 is 0. The molecule has 2 aromatic heterocycles. The van der Waals surface area contributed by atoms with Gasteiger partial charge in [0.05, 0.1) is 6.54 Å². The first kappa shape index (κ1) is 8.68. The highest BCUT2D eigenvalue weighted by atomic mass is 16.5. The van der Waals surface area contributed by atoms with Crippen molar-refractivity contribution in [1.82, 2.24) is 15.1 Å². The number of hydrogen-bond donors (Lipinski definition) is 1. The number of hydrogen-bond acceptors (Lipinski definition) is 5. The van der Waals surface area contributed by atoms with Crippen LogP contribution in [0.2, 0.25) is 0 Å². The van der Waals surface area contributed by atoms with Crippen molar-refractivity contribution in [3.8, 4) is 0 Å². The van der Waals surface area contributed by atoms with Gasteiger partial charge in [-0.05, 0) is 13.0 Å². The van der Waals surface area contributed by atoms with Crippen LogP contribution in [0.15, 0.2) is 29.1 Å². The first-order chi connectivity index (χ1) is 6.84. The molecular weight excluding hydrogens is 180 g/mol. The SMILES string of the molecule is Cc1nccc(NCc2ccon2)n1. The molecule has 0 fully saturated rings. The average Bonchev–Trinajstić information content (AvgIpc) is 2.67. The Hall–Kier alpha value is -1.91. The highest BCUT2D eigenvalue weighted by Gasteiger charge is 1.97. The first-order valence-electron chi connectivity index (χ1n) is 4.27. The molecule has 0 saturated carbocycles. The molecular formula is C9H10N4O. The molecule has 2 rings (SSSR count). The van der Waals surface area contributed by atoms with E-state index in [-0.39, 0.29) is 0 Å². The number of rotatable bonds is 3. The Kier molecular flexibility index (Phi) is 2.40. The third-order valence-electron chi connectivity index (χ3n) is 1.72. The smallest absolute Gasteiger partial charge is 0.129 e. The van der Waals surface area contributed by atoms with Crippen LogP contribution in [0.5, 0.6) is 0 Å². The fourth-order valence-corrected chi connectivity index (χ4v) is 1.06. The monoisotopic (exact) mass is 190 g/mol. The standard InChI is InChI=1S/C9H10N4O/c1-7-10-4-2-9(12-7)11-6-8-3-5-14-13-8/h2-5H,6H2,1H3,(H,10,11,12). The molecule has 5 heteroatoms. The van der Waals surface area contributed by atoms with Gasteiger partial charge in [0.15, 0.2) is 0 Å². The average molecular weight is 190 g/mol. The lowest BCUT2D eigenvalue weighted by Gasteiger charge is -2.02. The van der Waals surface area contributed by atoms with E-state index >= 15 is 0 Å². The van der Waals surface area contributed by atoms with Gasteiger partial charge in [-0.15, -0.1) is 0 Å². The Morgan fingerprint density at radius 2 is 2.36 bits per heavy atom. The van der Waals surface area contributed by atoms with Gasteiger partial charge in [0, 0.05) is 12.3 Å². The van der Waals surface area contributed by atoms with Crippen molar-refractivity contribution in [2.45, 2.75) is 13.5 Å². The van der Waals surface area contributed by atoms with Gasteiger partial charge >= 0.3 is 0 Å². The van der Waals surface area contributed by atoms with E-state index in [9.17, 15) is 0 Å². The van der Waals surface area contributed by atoms with E-state index in [1.165, 1.54) is 0 Å². The summed E-state index contributed by atoms with van der Waals surface area (Å²) in [7, 11) is 0. The minimum Gasteiger partial charge on any atom is -0.364 e. The first-order valence-corrected chi connectivity index (χ1v) is 4.27. The van der Waals surface area contributed by atoms with Crippen LogP contribution >= 0.6 is 0 Å². The number of aromatic nitrogens is 3. The molecule has 0 aliphatic carbocycles. The summed E-state index contributed by atoms with van der Waals surface area (Å²) in [4.78, 5) is 8.19. The van der Waals surface area contributed by atoms with Gasteiger partial charge in [0.25, 0.3) is 0 Å². The molecule has 0 atom stereocenters. The van der Waals surface area contributed by atoms with Crippen molar-refractivity contribution >= 4 is 5.82 Å². The molecule has 0 saturated heterocycles. The number of anilines is 1. The van der Waals surface area contributed by atoms with Crippen LogP contribution in [0.4, 0.5) is 5.82 Å². The zero-order valence-corrected chi connectivity index (χ0v) is 7.77. The lowest BCUT2D eigenvalue weighted by Crippen LogP contribution is -2.02. The molecule has 72 valence electrons. The second kappa shape index (κ2) is 3.87. The number of nitrogens with one attached hydrogen (secondary N) is 1. The summed E-state index contributed by atoms with van der Waals surface area (Å²) in [6, 6.07) is 3.62. The lowest BCUT2D eigenvalue weighted by atomic mass is 10.4. The third-order valence-corrected chi connectivity index (χ3v) is 1.72. The van der Waals surface area contributed by atoms with E-state index in [1.54, 1.807) is 18.5 Å². The normalized spacial score (nSPS) is 10.1. The minimum absolute atomic E-state index is 0.604. The molecule has 14 heavy (non-hydrogen) atoms. The van der Waals surface area contributed by atoms with Crippen LogP contribution < -0.4 is 5.32 Å². The summed E-state index contributed by atoms with van der Waals surface area (Å²) in [6.07, 6.45) is 3.26. The van der Waals surface area contributed by atoms with Crippen LogP contribution in [0.1, 0.15) is 11.5 Å². The van der Waals surface area contributed by atoms with E-state index in [0.717, 1.165) is 17.3 Å². The van der Waals surface area contributed by atoms with Crippen molar-refractivity contribution in [2.24, 2.45) is 0 Å². The molecule has 2 aromatic rings. The van der Waals surface area contributed by atoms with Gasteiger partial charge in [-0.3, -0.25) is 0 Å². The maximum atomic E-state index is 4.70. The van der Waals surface area contributed by atoms with Gasteiger partial charge in [-0.25, -0.2) is 9.97 Å². The molecule has 0 aromatic carbocycles. The molecule has 0 amide bonds. The van der Waals surface area contributed by atoms with Crippen molar-refractivity contribution in [3.05, 3.63) is 36.1 Å². The molecule has 0 bridgehead atoms. The predicted octanol–water partition coefficient (Wildman–Crippen LogP) is 1.39. The largest absolute Gasteiger partial charge is 0.364 e. The van der Waals surface area contributed by atoms with Gasteiger partial charge in [0.2, 0.25) is 0 Å². The van der Waals surface area contributed by atoms with E-state index in [2.05, 4.69) is 20.4 Å². The zero-order chi connectivity index (χ0) is 9.80. The molecule has 5 nitrogen and oxygen atoms in total. The van der Waals surface area contributed by atoms with E-state index in [0.29, 0.717) is 6.54 Å². The molecule has 2 heterocycles. The lowest BCUT2D eigenvalue weighted by molar-refractivity contribution is 0.412. The number of aryl methyl sites for hydroxylation is 1. The molecule has 0 aliphatic rings. The molecule has 0 unspecified atom stereocenters. The van der Waals surface area contributed by atoms with Gasteiger partial charge in [0.1, 0.15) is 23.6 Å². The minimum atomic E-state index is 0.604. The van der Waals surface area contributed by atoms with E-state index in [1.807, 2.05) is 13.0 Å². The van der Waals surface area contributed by atoms with Crippen LogP contribution in [0, 0.1) is 6.92 Å². The summed E-state index contributed by atoms with van der Waals surface area (Å²) in [6.45, 7) is 2.45. The van der Waals surface area contributed by atoms with Crippen LogP contribution in [0.3, 0.4) is 0 Å². The van der Waals surface area contributed by atoms with E-state index < -0.39 is 0 Å². The molecule has 0 spiro atoms. The van der Waals surface area contributed by atoms with Gasteiger partial charge in [-0.2, -0.15) is 0 Å². The van der Waals surface area contributed by atoms with Gasteiger partial charge < -0.3 is 9.84 Å². The third kappa shape index (κ3) is 2.07. The molecule has 1 N–H and O–H groups in total. The quantitative estimate of drug-likeness (QED) is 0.792. The fourth-order valence-electron chi connectivity index (χ4n) is 1.06. The molecule has 0 radical (unpaired) electrons. The highest BCUT2D eigenvalue weighted by Crippen LogP contribution is 2.03. The van der Waals surface area contributed by atoms with Crippen LogP contribution in [-0.2, 0) is 6.54 Å². The van der Waals surface area contributed by atoms with Crippen molar-refractivity contribution < 1.29 is 4.52 Å². The Bertz CT molecular complexity index is 399. The Balaban J connectivity index is 1.98. The predicted molar refractivity (Wildman–Crippen MR) is 50.6 cm³/mol. The zero-order valence-electron chi connectivity index (χ0n) is 7.77. The van der Waals surface area contributed by atoms with E-state index in [4.69, 9.17) is 4.52 Å². The van der Waals surface area contributed by atoms with Crippen LogP contribution in [-0.4, -0.2) is 15.1 Å². The fraction of sp³-hybridized carbons (Fsp3) is 0.222. The maximum Gasteiger partial charge on any atom is 0.129 e. The Morgan fingerprint density at radius 3 is 3.07 bits per heavy atom. The number of nitrogens with zero attached hydrogens (tertiary/aromatic N) is 3. The highest BCUT2D eigenvalue weighted by molar-refractivity contribution is 5.33. The van der Waals surface area contributed by atoms with Crippen molar-refractivity contribution in [1.29, 1.82) is 0 Å². The maximum absolute atomic E-state index is 4.70. The topological polar surface area (TPSA) is 63.8 Å². The van der Waals surface area contributed by atoms with Crippen molar-refractivity contribution in [2.75, 3.05) is 5.32 Å². The van der Waals surface area contributed by atoms with Crippen LogP contribution in [0.25, 0.3) is 0 Å². The Labute approximate surface area is 81.2 Å². The van der Waals surface area contributed by atoms with Gasteiger partial charge in [-0.1, -0.05) is 5.16 Å². The second-order valence-corrected chi connectivity index (χ2v) is 2.83. The molecule has 0 aliphatic heterocycles. The summed E-state index contributed by atoms with van der Waals surface area (Å²) in [5.41, 5.74) is 0.848.